The van der Waals surface area contributed by atoms with Crippen molar-refractivity contribution >= 4 is 33.7 Å². The number of nitrogens with zero attached hydrogens (tertiary/aromatic N) is 2. The minimum Gasteiger partial charge on any atom is -0.478 e. The van der Waals surface area contributed by atoms with Crippen LogP contribution in [0.1, 0.15) is 10.4 Å². The summed E-state index contributed by atoms with van der Waals surface area (Å²) in [5, 5.41) is 9.34. The van der Waals surface area contributed by atoms with E-state index >= 15 is 0 Å². The Morgan fingerprint density at radius 1 is 1.47 bits per heavy atom. The number of aryl methyl sites for hydroxylation is 1. The quantitative estimate of drug-likeness (QED) is 0.928. The minimum absolute atomic E-state index is 0.151. The molecule has 2 rings (SSSR count). The lowest BCUT2D eigenvalue weighted by molar-refractivity contribution is 0.0695. The number of hydrogen-bond acceptors (Lipinski definition) is 4. The fourth-order valence-corrected chi connectivity index (χ4v) is 2.69. The Hall–Kier alpha value is -1.60. The summed E-state index contributed by atoms with van der Waals surface area (Å²) < 4.78 is 1.92. The molecular weight excluding hydrogens is 332 g/mol. The molecule has 0 saturated heterocycles. The van der Waals surface area contributed by atoms with Crippen LogP contribution in [0.2, 0.25) is 0 Å². The Balaban J connectivity index is 2.39. The van der Waals surface area contributed by atoms with Crippen molar-refractivity contribution in [2.24, 2.45) is 7.05 Å². The summed E-state index contributed by atoms with van der Waals surface area (Å²) in [4.78, 5) is 27.5. The predicted molar refractivity (Wildman–Crippen MR) is 74.7 cm³/mol. The first kappa shape index (κ1) is 13.8. The van der Waals surface area contributed by atoms with Crippen LogP contribution in [0.15, 0.2) is 49.8 Å². The minimum atomic E-state index is -1.02. The SMILES string of the molecule is Cn1ccnc(Sc2ccc(Br)c(C(=O)O)c2)c1=O. The third kappa shape index (κ3) is 3.05. The highest BCUT2D eigenvalue weighted by atomic mass is 79.9. The van der Waals surface area contributed by atoms with Gasteiger partial charge >= 0.3 is 5.97 Å². The van der Waals surface area contributed by atoms with Gasteiger partial charge in [-0.15, -0.1) is 0 Å². The van der Waals surface area contributed by atoms with E-state index in [1.54, 1.807) is 25.4 Å². The molecule has 0 amide bonds. The van der Waals surface area contributed by atoms with Gasteiger partial charge in [-0.1, -0.05) is 11.8 Å². The van der Waals surface area contributed by atoms with E-state index in [4.69, 9.17) is 5.11 Å². The standard InChI is InChI=1S/C12H9BrN2O3S/c1-15-5-4-14-10(11(15)16)19-7-2-3-9(13)8(6-7)12(17)18/h2-6H,1H3,(H,17,18). The van der Waals surface area contributed by atoms with Crippen LogP contribution in [0, 0.1) is 0 Å². The van der Waals surface area contributed by atoms with Gasteiger partial charge in [0.1, 0.15) is 0 Å². The normalized spacial score (nSPS) is 10.4. The third-order valence-corrected chi connectivity index (χ3v) is 4.02. The van der Waals surface area contributed by atoms with Crippen molar-refractivity contribution < 1.29 is 9.90 Å². The number of carboxylic acid groups (broad SMARTS) is 1. The summed E-state index contributed by atoms with van der Waals surface area (Å²) in [6.07, 6.45) is 3.09. The average Bonchev–Trinajstić information content (AvgIpc) is 2.37. The first-order chi connectivity index (χ1) is 8.99. The molecule has 7 heteroatoms. The van der Waals surface area contributed by atoms with Crippen LogP contribution in [0.25, 0.3) is 0 Å². The fraction of sp³-hybridized carbons (Fsp3) is 0.0833. The molecule has 2 aromatic rings. The summed E-state index contributed by atoms with van der Waals surface area (Å²) in [5.74, 6) is -1.02. The van der Waals surface area contributed by atoms with Crippen molar-refractivity contribution in [2.75, 3.05) is 0 Å². The molecule has 19 heavy (non-hydrogen) atoms. The summed E-state index contributed by atoms with van der Waals surface area (Å²) in [5.41, 5.74) is -0.0648. The van der Waals surface area contributed by atoms with E-state index in [0.717, 1.165) is 11.8 Å². The van der Waals surface area contributed by atoms with E-state index in [1.165, 1.54) is 16.8 Å². The highest BCUT2D eigenvalue weighted by molar-refractivity contribution is 9.10. The second kappa shape index (κ2) is 5.58. The molecule has 0 atom stereocenters. The van der Waals surface area contributed by atoms with E-state index in [-0.39, 0.29) is 11.1 Å². The molecule has 0 saturated carbocycles. The molecule has 98 valence electrons. The predicted octanol–water partition coefficient (Wildman–Crippen LogP) is 2.39. The molecule has 1 N–H and O–H groups in total. The summed E-state index contributed by atoms with van der Waals surface area (Å²) in [6.45, 7) is 0. The number of carbonyl (C=O) groups is 1. The summed E-state index contributed by atoms with van der Waals surface area (Å²) >= 11 is 4.31. The molecule has 0 fully saturated rings. The maximum absolute atomic E-state index is 11.8. The molecule has 0 radical (unpaired) electrons. The van der Waals surface area contributed by atoms with Crippen LogP contribution in [-0.2, 0) is 7.05 Å². The second-order valence-electron chi connectivity index (χ2n) is 3.70. The Morgan fingerprint density at radius 3 is 2.89 bits per heavy atom. The van der Waals surface area contributed by atoms with Gasteiger partial charge in [0.15, 0.2) is 5.03 Å². The number of aromatic carboxylic acids is 1. The van der Waals surface area contributed by atoms with Gasteiger partial charge in [0.05, 0.1) is 5.56 Å². The topological polar surface area (TPSA) is 72.2 Å². The fourth-order valence-electron chi connectivity index (χ4n) is 1.39. The molecule has 0 aliphatic heterocycles. The van der Waals surface area contributed by atoms with Crippen LogP contribution >= 0.6 is 27.7 Å². The van der Waals surface area contributed by atoms with Crippen LogP contribution in [0.3, 0.4) is 0 Å². The first-order valence-electron chi connectivity index (χ1n) is 5.21. The number of hydrogen-bond donors (Lipinski definition) is 1. The largest absolute Gasteiger partial charge is 0.478 e. The van der Waals surface area contributed by atoms with Crippen molar-refractivity contribution in [3.63, 3.8) is 0 Å². The molecule has 0 aliphatic carbocycles. The van der Waals surface area contributed by atoms with E-state index < -0.39 is 5.97 Å². The molecule has 1 heterocycles. The van der Waals surface area contributed by atoms with Gasteiger partial charge in [-0.3, -0.25) is 4.79 Å². The maximum Gasteiger partial charge on any atom is 0.336 e. The van der Waals surface area contributed by atoms with Gasteiger partial charge in [-0.05, 0) is 34.1 Å². The molecule has 0 bridgehead atoms. The van der Waals surface area contributed by atoms with Crippen molar-refractivity contribution in [3.05, 3.63) is 51.0 Å². The lowest BCUT2D eigenvalue weighted by Crippen LogP contribution is -2.18. The zero-order chi connectivity index (χ0) is 14.0. The van der Waals surface area contributed by atoms with Crippen LogP contribution in [0.5, 0.6) is 0 Å². The van der Waals surface area contributed by atoms with E-state index in [9.17, 15) is 9.59 Å². The van der Waals surface area contributed by atoms with Crippen LogP contribution < -0.4 is 5.56 Å². The third-order valence-electron chi connectivity index (χ3n) is 2.37. The Morgan fingerprint density at radius 2 is 2.21 bits per heavy atom. The molecular formula is C12H9BrN2O3S. The summed E-state index contributed by atoms with van der Waals surface area (Å²) in [6, 6.07) is 4.87. The summed E-state index contributed by atoms with van der Waals surface area (Å²) in [7, 11) is 1.64. The highest BCUT2D eigenvalue weighted by Crippen LogP contribution is 2.27. The van der Waals surface area contributed by atoms with Gasteiger partial charge in [-0.2, -0.15) is 0 Å². The van der Waals surface area contributed by atoms with E-state index in [0.29, 0.717) is 14.4 Å². The molecule has 1 aromatic heterocycles. The second-order valence-corrected chi connectivity index (χ2v) is 5.61. The monoisotopic (exact) mass is 340 g/mol. The Kier molecular flexibility index (Phi) is 4.06. The van der Waals surface area contributed by atoms with Gasteiger partial charge in [0.25, 0.3) is 5.56 Å². The lowest BCUT2D eigenvalue weighted by atomic mass is 10.2. The number of halogens is 1. The van der Waals surface area contributed by atoms with Crippen molar-refractivity contribution in [1.29, 1.82) is 0 Å². The Labute approximate surface area is 121 Å². The van der Waals surface area contributed by atoms with Crippen LogP contribution in [-0.4, -0.2) is 20.6 Å². The number of carboxylic acids is 1. The molecule has 1 aromatic carbocycles. The molecule has 0 spiro atoms. The zero-order valence-corrected chi connectivity index (χ0v) is 12.2. The molecule has 0 unspecified atom stereocenters. The number of aromatic nitrogens is 2. The highest BCUT2D eigenvalue weighted by Gasteiger charge is 2.11. The maximum atomic E-state index is 11.8. The number of benzene rings is 1. The van der Waals surface area contributed by atoms with Crippen molar-refractivity contribution in [3.8, 4) is 0 Å². The van der Waals surface area contributed by atoms with Crippen molar-refractivity contribution in [2.45, 2.75) is 9.92 Å². The van der Waals surface area contributed by atoms with Gasteiger partial charge < -0.3 is 9.67 Å². The Bertz CT molecular complexity index is 700. The van der Waals surface area contributed by atoms with Gasteiger partial charge in [-0.25, -0.2) is 9.78 Å². The van der Waals surface area contributed by atoms with E-state index in [1.807, 2.05) is 0 Å². The van der Waals surface area contributed by atoms with Gasteiger partial charge in [0, 0.05) is 28.8 Å². The van der Waals surface area contributed by atoms with Gasteiger partial charge in [0.2, 0.25) is 0 Å². The lowest BCUT2D eigenvalue weighted by Gasteiger charge is -2.04. The van der Waals surface area contributed by atoms with E-state index in [2.05, 4.69) is 20.9 Å². The smallest absolute Gasteiger partial charge is 0.336 e. The average molecular weight is 341 g/mol. The van der Waals surface area contributed by atoms with Crippen LogP contribution in [0.4, 0.5) is 0 Å². The molecule has 0 aliphatic rings. The zero-order valence-electron chi connectivity index (χ0n) is 9.83. The van der Waals surface area contributed by atoms with Crippen molar-refractivity contribution in [1.82, 2.24) is 9.55 Å². The molecule has 5 nitrogen and oxygen atoms in total. The number of rotatable bonds is 3. The first-order valence-corrected chi connectivity index (χ1v) is 6.82.